The lowest BCUT2D eigenvalue weighted by Crippen LogP contribution is -2.30. The fourth-order valence-corrected chi connectivity index (χ4v) is 4.67. The molecule has 1 unspecified atom stereocenters. The Morgan fingerprint density at radius 3 is 1.95 bits per heavy atom. The molecular formula is C32H43BrClNO5. The molecule has 1 amide bonds. The van der Waals surface area contributed by atoms with Gasteiger partial charge in [0.15, 0.2) is 10.6 Å². The maximum Gasteiger partial charge on any atom is 0.338 e. The molecule has 0 saturated carbocycles. The van der Waals surface area contributed by atoms with E-state index in [9.17, 15) is 14.4 Å². The van der Waals surface area contributed by atoms with E-state index in [2.05, 4.69) is 35.1 Å². The SMILES string of the molecule is CCCCCCCCOC(=O)c1ccc(Cl)c(NC(=O)C(Br)C(=O)c2ccc(OCCCCCCCC)cc2)c1. The monoisotopic (exact) mass is 635 g/mol. The average molecular weight is 637 g/mol. The summed E-state index contributed by atoms with van der Waals surface area (Å²) in [4.78, 5) is 37.1. The van der Waals surface area contributed by atoms with Crippen LogP contribution in [0.3, 0.4) is 0 Å². The fourth-order valence-electron chi connectivity index (χ4n) is 4.13. The summed E-state index contributed by atoms with van der Waals surface area (Å²) in [5.74, 6) is -0.780. The van der Waals surface area contributed by atoms with E-state index >= 15 is 0 Å². The van der Waals surface area contributed by atoms with Crippen LogP contribution < -0.4 is 10.1 Å². The molecule has 0 aromatic heterocycles. The Morgan fingerprint density at radius 2 is 1.32 bits per heavy atom. The van der Waals surface area contributed by atoms with E-state index in [1.807, 2.05) is 0 Å². The van der Waals surface area contributed by atoms with Gasteiger partial charge in [-0.1, -0.05) is 106 Å². The van der Waals surface area contributed by atoms with Crippen molar-refractivity contribution in [2.75, 3.05) is 18.5 Å². The highest BCUT2D eigenvalue weighted by atomic mass is 79.9. The third kappa shape index (κ3) is 12.4. The molecule has 0 saturated heterocycles. The van der Waals surface area contributed by atoms with Crippen LogP contribution in [-0.4, -0.2) is 35.7 Å². The number of ether oxygens (including phenoxy) is 2. The predicted molar refractivity (Wildman–Crippen MR) is 166 cm³/mol. The van der Waals surface area contributed by atoms with Gasteiger partial charge in [-0.05, 0) is 55.3 Å². The van der Waals surface area contributed by atoms with E-state index in [1.54, 1.807) is 30.3 Å². The number of amides is 1. The van der Waals surface area contributed by atoms with Crippen molar-refractivity contribution in [1.29, 1.82) is 0 Å². The third-order valence-electron chi connectivity index (χ3n) is 6.56. The number of ketones is 1. The van der Waals surface area contributed by atoms with Crippen molar-refractivity contribution >= 4 is 50.9 Å². The number of anilines is 1. The smallest absolute Gasteiger partial charge is 0.338 e. The van der Waals surface area contributed by atoms with Crippen molar-refractivity contribution in [3.63, 3.8) is 0 Å². The lowest BCUT2D eigenvalue weighted by molar-refractivity contribution is -0.114. The van der Waals surface area contributed by atoms with Crippen LogP contribution in [0.2, 0.25) is 5.02 Å². The van der Waals surface area contributed by atoms with Crippen molar-refractivity contribution in [3.05, 3.63) is 58.6 Å². The van der Waals surface area contributed by atoms with Crippen LogP contribution in [0.5, 0.6) is 5.75 Å². The van der Waals surface area contributed by atoms with E-state index in [4.69, 9.17) is 21.1 Å². The Morgan fingerprint density at radius 1 is 0.775 bits per heavy atom. The van der Waals surface area contributed by atoms with Gasteiger partial charge in [-0.3, -0.25) is 9.59 Å². The minimum absolute atomic E-state index is 0.233. The summed E-state index contributed by atoms with van der Waals surface area (Å²) in [5, 5.41) is 2.89. The first-order chi connectivity index (χ1) is 19.4. The highest BCUT2D eigenvalue weighted by Gasteiger charge is 2.26. The average Bonchev–Trinajstić information content (AvgIpc) is 2.96. The van der Waals surface area contributed by atoms with Crippen LogP contribution in [0.25, 0.3) is 0 Å². The molecule has 0 spiro atoms. The molecule has 0 aliphatic heterocycles. The predicted octanol–water partition coefficient (Wildman–Crippen LogP) is 9.18. The fraction of sp³-hybridized carbons (Fsp3) is 0.531. The van der Waals surface area contributed by atoms with Gasteiger partial charge in [-0.2, -0.15) is 0 Å². The Hall–Kier alpha value is -2.38. The number of alkyl halides is 1. The summed E-state index contributed by atoms with van der Waals surface area (Å²) in [6, 6.07) is 11.3. The number of Topliss-reactive ketones (excluding diaryl/α,β-unsaturated/α-hetero) is 1. The van der Waals surface area contributed by atoms with Crippen molar-refractivity contribution in [2.24, 2.45) is 0 Å². The van der Waals surface area contributed by atoms with E-state index in [0.29, 0.717) is 24.5 Å². The lowest BCUT2D eigenvalue weighted by Gasteiger charge is -2.13. The molecule has 1 atom stereocenters. The number of unbranched alkanes of at least 4 members (excludes halogenated alkanes) is 10. The van der Waals surface area contributed by atoms with Crippen molar-refractivity contribution < 1.29 is 23.9 Å². The number of halogens is 2. The molecule has 1 N–H and O–H groups in total. The number of carbonyl (C=O) groups excluding carboxylic acids is 3. The van der Waals surface area contributed by atoms with Gasteiger partial charge in [-0.25, -0.2) is 4.79 Å². The summed E-state index contributed by atoms with van der Waals surface area (Å²) in [6.45, 7) is 5.35. The van der Waals surface area contributed by atoms with Gasteiger partial charge < -0.3 is 14.8 Å². The first-order valence-electron chi connectivity index (χ1n) is 14.6. The molecule has 0 aliphatic carbocycles. The highest BCUT2D eigenvalue weighted by molar-refractivity contribution is 9.10. The van der Waals surface area contributed by atoms with E-state index < -0.39 is 22.5 Å². The number of carbonyl (C=O) groups is 3. The zero-order chi connectivity index (χ0) is 29.2. The second kappa shape index (κ2) is 19.7. The van der Waals surface area contributed by atoms with E-state index in [-0.39, 0.29) is 16.3 Å². The zero-order valence-electron chi connectivity index (χ0n) is 23.8. The zero-order valence-corrected chi connectivity index (χ0v) is 26.2. The number of hydrogen-bond donors (Lipinski definition) is 1. The van der Waals surface area contributed by atoms with Crippen LogP contribution in [0.1, 0.15) is 112 Å². The summed E-state index contributed by atoms with van der Waals surface area (Å²) >= 11 is 9.46. The van der Waals surface area contributed by atoms with Gasteiger partial charge in [0, 0.05) is 5.56 Å². The molecule has 2 rings (SSSR count). The normalized spacial score (nSPS) is 11.6. The van der Waals surface area contributed by atoms with Gasteiger partial charge in [0.25, 0.3) is 0 Å². The first-order valence-corrected chi connectivity index (χ1v) is 15.8. The van der Waals surface area contributed by atoms with Crippen LogP contribution >= 0.6 is 27.5 Å². The maximum atomic E-state index is 12.9. The van der Waals surface area contributed by atoms with Gasteiger partial charge >= 0.3 is 5.97 Å². The topological polar surface area (TPSA) is 81.7 Å². The molecule has 0 aliphatic rings. The summed E-state index contributed by atoms with van der Waals surface area (Å²) in [6.07, 6.45) is 13.7. The number of esters is 1. The molecule has 2 aromatic carbocycles. The van der Waals surface area contributed by atoms with Crippen molar-refractivity contribution in [1.82, 2.24) is 0 Å². The van der Waals surface area contributed by atoms with E-state index in [1.165, 1.54) is 57.1 Å². The minimum atomic E-state index is -1.14. The molecule has 220 valence electrons. The molecule has 6 nitrogen and oxygen atoms in total. The molecule has 0 radical (unpaired) electrons. The standard InChI is InChI=1S/C32H43BrClNO5/c1-3-5-7-9-11-13-21-39-26-18-15-24(16-19-26)30(36)29(33)31(37)35-28-23-25(17-20-27(28)34)32(38)40-22-14-12-10-8-6-4-2/h15-20,23,29H,3-14,21-22H2,1-2H3,(H,35,37). The highest BCUT2D eigenvalue weighted by Crippen LogP contribution is 2.25. The van der Waals surface area contributed by atoms with Crippen molar-refractivity contribution in [2.45, 2.75) is 95.7 Å². The van der Waals surface area contributed by atoms with E-state index in [0.717, 1.165) is 32.1 Å². The quantitative estimate of drug-likeness (QED) is 0.0515. The maximum absolute atomic E-state index is 12.9. The second-order valence-corrected chi connectivity index (χ2v) is 11.3. The van der Waals surface area contributed by atoms with Crippen LogP contribution in [0.15, 0.2) is 42.5 Å². The number of rotatable bonds is 20. The second-order valence-electron chi connectivity index (χ2n) is 9.95. The van der Waals surface area contributed by atoms with Crippen LogP contribution in [0, 0.1) is 0 Å². The Balaban J connectivity index is 1.84. The Kier molecular flexibility index (Phi) is 16.6. The molecule has 2 aromatic rings. The molecule has 8 heteroatoms. The molecule has 0 fully saturated rings. The first kappa shape index (κ1) is 33.8. The summed E-state index contributed by atoms with van der Waals surface area (Å²) in [5.41, 5.74) is 0.887. The molecule has 0 heterocycles. The van der Waals surface area contributed by atoms with Crippen molar-refractivity contribution in [3.8, 4) is 5.75 Å². The molecule has 40 heavy (non-hydrogen) atoms. The number of nitrogens with one attached hydrogen (secondary N) is 1. The Bertz CT molecular complexity index is 1060. The largest absolute Gasteiger partial charge is 0.494 e. The van der Waals surface area contributed by atoms with Crippen LogP contribution in [-0.2, 0) is 9.53 Å². The Labute approximate surface area is 252 Å². The number of benzene rings is 2. The number of hydrogen-bond acceptors (Lipinski definition) is 5. The van der Waals surface area contributed by atoms with Gasteiger partial charge in [-0.15, -0.1) is 0 Å². The molecular weight excluding hydrogens is 594 g/mol. The lowest BCUT2D eigenvalue weighted by atomic mass is 10.1. The molecule has 0 bridgehead atoms. The third-order valence-corrected chi connectivity index (χ3v) is 7.72. The minimum Gasteiger partial charge on any atom is -0.494 e. The summed E-state index contributed by atoms with van der Waals surface area (Å²) < 4.78 is 11.1. The van der Waals surface area contributed by atoms with Crippen LogP contribution in [0.4, 0.5) is 5.69 Å². The van der Waals surface area contributed by atoms with Gasteiger partial charge in [0.05, 0.1) is 29.5 Å². The van der Waals surface area contributed by atoms with Gasteiger partial charge in [0.2, 0.25) is 5.91 Å². The van der Waals surface area contributed by atoms with Gasteiger partial charge in [0.1, 0.15) is 5.75 Å². The summed E-state index contributed by atoms with van der Waals surface area (Å²) in [7, 11) is 0.